The van der Waals surface area contributed by atoms with Crippen LogP contribution in [0.1, 0.15) is 10.4 Å². The number of nitrogens with one attached hydrogen (secondary N) is 2. The lowest BCUT2D eigenvalue weighted by molar-refractivity contribution is -0.384. The molecule has 0 unspecified atom stereocenters. The molecule has 2 aliphatic rings. The number of carbonyl (C=O) groups is 2. The van der Waals surface area contributed by atoms with Crippen LogP contribution in [0.2, 0.25) is 0 Å². The molecule has 2 amide bonds. The summed E-state index contributed by atoms with van der Waals surface area (Å²) >= 11 is 1.05. The predicted octanol–water partition coefficient (Wildman–Crippen LogP) is -2.11. The standard InChI is InChI=1S/C30H39N3O15S/c1-44-11-10-31-21(36)14-45-17-6-8-18(9-7-17)49-30-22(32-28(41)15-2-4-16(5-3-15)33(42)43)27(24(38)20(13-35)47-30)48-29-26(40)25(39)23(37)19(12-34)46-29/h2-9,19-20,22-27,29-30,34-35,37-40H,10-14H2,1H3,(H,31,36)(H,32,41)/t19-,20-,22-,23+,24-,25+,26-,27-,29-,30-/m1/s1. The summed E-state index contributed by atoms with van der Waals surface area (Å²) in [5.74, 6) is -0.734. The number of nitro groups is 1. The van der Waals surface area contributed by atoms with Crippen molar-refractivity contribution in [3.05, 3.63) is 64.2 Å². The lowest BCUT2D eigenvalue weighted by Crippen LogP contribution is -2.67. The third kappa shape index (κ3) is 9.83. The Labute approximate surface area is 284 Å². The van der Waals surface area contributed by atoms with Gasteiger partial charge < -0.3 is 65.0 Å². The highest BCUT2D eigenvalue weighted by Crippen LogP contribution is 2.37. The number of nitrogens with zero attached hydrogens (tertiary/aromatic N) is 1. The molecular weight excluding hydrogens is 674 g/mol. The number of thioether (sulfide) groups is 1. The van der Waals surface area contributed by atoms with E-state index < -0.39 is 84.5 Å². The highest BCUT2D eigenvalue weighted by Gasteiger charge is 2.51. The van der Waals surface area contributed by atoms with Gasteiger partial charge in [-0.05, 0) is 36.4 Å². The molecule has 0 spiro atoms. The van der Waals surface area contributed by atoms with Crippen LogP contribution in [0.4, 0.5) is 5.69 Å². The number of aliphatic hydroxyl groups excluding tert-OH is 6. The summed E-state index contributed by atoms with van der Waals surface area (Å²) in [5.41, 5.74) is -1.35. The Morgan fingerprint density at radius 1 is 0.918 bits per heavy atom. The van der Waals surface area contributed by atoms with Gasteiger partial charge in [-0.2, -0.15) is 0 Å². The number of nitro benzene ring substituents is 1. The number of ether oxygens (including phenoxy) is 5. The normalized spacial score (nSPS) is 29.9. The topological polar surface area (TPSA) is 269 Å². The molecule has 2 fully saturated rings. The summed E-state index contributed by atoms with van der Waals surface area (Å²) in [7, 11) is 1.51. The SMILES string of the molecule is COCCNC(=O)COc1ccc(S[C@H]2O[C@H](CO)[C@@H](O)[C@H](O[C@H]3O[C@H](CO)[C@H](O)[C@H](O)[C@H]3O)[C@H]2NC(=O)c2ccc([N+](=O)[O-])cc2)cc1. The first-order valence-electron chi connectivity index (χ1n) is 15.1. The molecule has 270 valence electrons. The fourth-order valence-corrected chi connectivity index (χ4v) is 6.16. The maximum atomic E-state index is 13.4. The van der Waals surface area contributed by atoms with Crippen molar-refractivity contribution in [1.29, 1.82) is 0 Å². The van der Waals surface area contributed by atoms with Gasteiger partial charge in [-0.25, -0.2) is 0 Å². The van der Waals surface area contributed by atoms with Gasteiger partial charge in [0, 0.05) is 36.2 Å². The van der Waals surface area contributed by atoms with Crippen LogP contribution >= 0.6 is 11.8 Å². The molecular formula is C30H39N3O15S. The second-order valence-electron chi connectivity index (χ2n) is 11.0. The van der Waals surface area contributed by atoms with E-state index in [2.05, 4.69) is 10.6 Å². The van der Waals surface area contributed by atoms with Gasteiger partial charge in [0.25, 0.3) is 17.5 Å². The highest BCUT2D eigenvalue weighted by molar-refractivity contribution is 7.99. The molecule has 4 rings (SSSR count). The Balaban J connectivity index is 1.58. The molecule has 0 aliphatic carbocycles. The summed E-state index contributed by atoms with van der Waals surface area (Å²) < 4.78 is 27.8. The molecule has 2 saturated heterocycles. The molecule has 2 heterocycles. The van der Waals surface area contributed by atoms with Crippen molar-refractivity contribution in [2.75, 3.05) is 40.1 Å². The number of methoxy groups -OCH3 is 1. The summed E-state index contributed by atoms with van der Waals surface area (Å²) in [6.07, 6.45) is -12.8. The zero-order valence-corrected chi connectivity index (χ0v) is 27.0. The molecule has 2 aromatic rings. The summed E-state index contributed by atoms with van der Waals surface area (Å²) in [6.45, 7) is -1.03. The van der Waals surface area contributed by atoms with Crippen LogP contribution in [0, 0.1) is 10.1 Å². The summed E-state index contributed by atoms with van der Waals surface area (Å²) in [4.78, 5) is 36.4. The highest BCUT2D eigenvalue weighted by atomic mass is 32.2. The zero-order valence-electron chi connectivity index (χ0n) is 26.1. The van der Waals surface area contributed by atoms with Crippen molar-refractivity contribution in [2.45, 2.75) is 65.4 Å². The van der Waals surface area contributed by atoms with E-state index in [9.17, 15) is 50.3 Å². The minimum atomic E-state index is -1.85. The van der Waals surface area contributed by atoms with E-state index in [0.717, 1.165) is 23.9 Å². The number of carbonyl (C=O) groups excluding carboxylic acids is 2. The van der Waals surface area contributed by atoms with Gasteiger partial charge in [0.2, 0.25) is 0 Å². The Hall–Kier alpha value is -3.47. The second kappa shape index (κ2) is 18.0. The maximum absolute atomic E-state index is 13.4. The first-order valence-corrected chi connectivity index (χ1v) is 16.0. The van der Waals surface area contributed by atoms with Gasteiger partial charge in [0.15, 0.2) is 12.9 Å². The van der Waals surface area contributed by atoms with Gasteiger partial charge in [0.1, 0.15) is 53.9 Å². The van der Waals surface area contributed by atoms with Crippen LogP contribution in [0.5, 0.6) is 5.75 Å². The van der Waals surface area contributed by atoms with Crippen LogP contribution in [0.25, 0.3) is 0 Å². The molecule has 2 aromatic carbocycles. The third-order valence-corrected chi connectivity index (χ3v) is 8.89. The Bertz CT molecular complexity index is 1390. The average Bonchev–Trinajstić information content (AvgIpc) is 3.10. The molecule has 8 N–H and O–H groups in total. The van der Waals surface area contributed by atoms with E-state index in [1.807, 2.05) is 0 Å². The Morgan fingerprint density at radius 2 is 1.57 bits per heavy atom. The van der Waals surface area contributed by atoms with Crippen LogP contribution in [-0.2, 0) is 23.7 Å². The lowest BCUT2D eigenvalue weighted by Gasteiger charge is -2.47. The van der Waals surface area contributed by atoms with Gasteiger partial charge in [-0.15, -0.1) is 0 Å². The van der Waals surface area contributed by atoms with Crippen molar-refractivity contribution in [3.63, 3.8) is 0 Å². The number of hydrogen-bond donors (Lipinski definition) is 8. The van der Waals surface area contributed by atoms with Crippen molar-refractivity contribution < 1.29 is 68.8 Å². The van der Waals surface area contributed by atoms with Crippen LogP contribution in [-0.4, -0.2) is 148 Å². The largest absolute Gasteiger partial charge is 0.484 e. The quantitative estimate of drug-likeness (QED) is 0.0557. The first-order chi connectivity index (χ1) is 23.5. The molecule has 10 atom stereocenters. The van der Waals surface area contributed by atoms with E-state index in [4.69, 9.17) is 23.7 Å². The van der Waals surface area contributed by atoms with Crippen molar-refractivity contribution in [1.82, 2.24) is 10.6 Å². The maximum Gasteiger partial charge on any atom is 0.269 e. The van der Waals surface area contributed by atoms with Gasteiger partial charge >= 0.3 is 0 Å². The number of hydrogen-bond acceptors (Lipinski definition) is 16. The molecule has 19 heteroatoms. The molecule has 2 aliphatic heterocycles. The third-order valence-electron chi connectivity index (χ3n) is 7.71. The molecule has 49 heavy (non-hydrogen) atoms. The number of aliphatic hydroxyl groups is 6. The Kier molecular flexibility index (Phi) is 14.1. The van der Waals surface area contributed by atoms with E-state index in [0.29, 0.717) is 23.8 Å². The van der Waals surface area contributed by atoms with Crippen molar-refractivity contribution in [2.24, 2.45) is 0 Å². The van der Waals surface area contributed by atoms with Crippen LogP contribution < -0.4 is 15.4 Å². The van der Waals surface area contributed by atoms with Crippen LogP contribution in [0.15, 0.2) is 53.4 Å². The number of benzene rings is 2. The fraction of sp³-hybridized carbons (Fsp3) is 0.533. The smallest absolute Gasteiger partial charge is 0.269 e. The molecule has 0 radical (unpaired) electrons. The number of non-ortho nitro benzene ring substituents is 1. The van der Waals surface area contributed by atoms with Gasteiger partial charge in [0.05, 0.1) is 30.8 Å². The lowest BCUT2D eigenvalue weighted by atomic mass is 9.96. The van der Waals surface area contributed by atoms with E-state index in [-0.39, 0.29) is 23.8 Å². The van der Waals surface area contributed by atoms with E-state index in [1.165, 1.54) is 19.2 Å². The summed E-state index contributed by atoms with van der Waals surface area (Å²) in [5, 5.41) is 78.5. The fourth-order valence-electron chi connectivity index (χ4n) is 5.03. The first kappa shape index (κ1) is 38.3. The predicted molar refractivity (Wildman–Crippen MR) is 167 cm³/mol. The average molecular weight is 714 g/mol. The minimum absolute atomic E-state index is 0.00692. The van der Waals surface area contributed by atoms with Crippen LogP contribution in [0.3, 0.4) is 0 Å². The van der Waals surface area contributed by atoms with Gasteiger partial charge in [-0.1, -0.05) is 11.8 Å². The molecule has 0 aromatic heterocycles. The van der Waals surface area contributed by atoms with E-state index in [1.54, 1.807) is 24.3 Å². The monoisotopic (exact) mass is 713 g/mol. The van der Waals surface area contributed by atoms with E-state index >= 15 is 0 Å². The molecule has 18 nitrogen and oxygen atoms in total. The minimum Gasteiger partial charge on any atom is -0.484 e. The van der Waals surface area contributed by atoms with Crippen molar-refractivity contribution >= 4 is 29.3 Å². The van der Waals surface area contributed by atoms with Crippen molar-refractivity contribution in [3.8, 4) is 5.75 Å². The molecule has 0 bridgehead atoms. The second-order valence-corrected chi connectivity index (χ2v) is 12.2. The number of amides is 2. The molecule has 0 saturated carbocycles. The zero-order chi connectivity index (χ0) is 35.7. The van der Waals surface area contributed by atoms with Gasteiger partial charge in [-0.3, -0.25) is 19.7 Å². The Morgan fingerprint density at radius 3 is 2.18 bits per heavy atom. The summed E-state index contributed by atoms with van der Waals surface area (Å²) in [6, 6.07) is 9.85. The number of rotatable bonds is 15.